The van der Waals surface area contributed by atoms with Gasteiger partial charge in [0.1, 0.15) is 11.6 Å². The molecule has 1 amide bonds. The van der Waals surface area contributed by atoms with Gasteiger partial charge in [-0.25, -0.2) is 14.4 Å². The van der Waals surface area contributed by atoms with E-state index >= 15 is 0 Å². The molecule has 0 aliphatic carbocycles. The van der Waals surface area contributed by atoms with E-state index in [0.29, 0.717) is 34.3 Å². The number of fused-ring (bicyclic) bond motifs is 1. The molecule has 0 spiro atoms. The standard InChI is InChI=1S/C24H20ClFN4OS/c1-32-21-5-3-2-4-19(21)24(31)28-14-22-29-20-12-16(25)8-11-18(20)23(30-22)27-13-15-6-9-17(26)10-7-15/h2-12H,13-14H2,1H3,(H,28,31)(H,27,29,30). The Labute approximate surface area is 194 Å². The van der Waals surface area contributed by atoms with E-state index in [9.17, 15) is 9.18 Å². The first kappa shape index (κ1) is 22.0. The van der Waals surface area contributed by atoms with Crippen LogP contribution in [0.25, 0.3) is 10.9 Å². The number of carbonyl (C=O) groups is 1. The molecule has 0 saturated heterocycles. The SMILES string of the molecule is CSc1ccccc1C(=O)NCc1nc(NCc2ccc(F)cc2)c2ccc(Cl)cc2n1. The van der Waals surface area contributed by atoms with Gasteiger partial charge in [0.05, 0.1) is 17.6 Å². The van der Waals surface area contributed by atoms with Crippen molar-refractivity contribution in [3.63, 3.8) is 0 Å². The maximum atomic E-state index is 13.2. The summed E-state index contributed by atoms with van der Waals surface area (Å²) in [5, 5.41) is 7.55. The molecular formula is C24H20ClFN4OS. The minimum atomic E-state index is -0.281. The number of hydrogen-bond donors (Lipinski definition) is 2. The molecule has 1 heterocycles. The van der Waals surface area contributed by atoms with Gasteiger partial charge in [-0.1, -0.05) is 35.9 Å². The molecule has 4 aromatic rings. The molecule has 3 aromatic carbocycles. The molecule has 5 nitrogen and oxygen atoms in total. The number of thioether (sulfide) groups is 1. The van der Waals surface area contributed by atoms with Crippen LogP contribution in [0.1, 0.15) is 21.7 Å². The number of benzene rings is 3. The second kappa shape index (κ2) is 9.97. The highest BCUT2D eigenvalue weighted by Gasteiger charge is 2.13. The monoisotopic (exact) mass is 466 g/mol. The van der Waals surface area contributed by atoms with Gasteiger partial charge in [0, 0.05) is 21.8 Å². The smallest absolute Gasteiger partial charge is 0.252 e. The molecule has 0 atom stereocenters. The van der Waals surface area contributed by atoms with Crippen LogP contribution in [0, 0.1) is 5.82 Å². The van der Waals surface area contributed by atoms with Crippen molar-refractivity contribution in [2.75, 3.05) is 11.6 Å². The van der Waals surface area contributed by atoms with Crippen molar-refractivity contribution in [2.45, 2.75) is 18.0 Å². The summed E-state index contributed by atoms with van der Waals surface area (Å²) in [4.78, 5) is 22.8. The minimum Gasteiger partial charge on any atom is -0.365 e. The summed E-state index contributed by atoms with van der Waals surface area (Å²) < 4.78 is 13.2. The third-order valence-corrected chi connectivity index (χ3v) is 5.87. The summed E-state index contributed by atoms with van der Waals surface area (Å²) in [5.41, 5.74) is 2.19. The fourth-order valence-corrected chi connectivity index (χ4v) is 4.00. The van der Waals surface area contributed by atoms with Gasteiger partial charge in [0.2, 0.25) is 0 Å². The molecule has 0 aliphatic heterocycles. The van der Waals surface area contributed by atoms with Crippen LogP contribution in [0.5, 0.6) is 0 Å². The fourth-order valence-electron chi connectivity index (χ4n) is 3.24. The molecule has 0 fully saturated rings. The molecule has 0 aliphatic rings. The Kier molecular flexibility index (Phi) is 6.87. The number of anilines is 1. The van der Waals surface area contributed by atoms with Crippen LogP contribution >= 0.6 is 23.4 Å². The van der Waals surface area contributed by atoms with Crippen LogP contribution in [-0.2, 0) is 13.1 Å². The van der Waals surface area contributed by atoms with Crippen LogP contribution in [0.3, 0.4) is 0 Å². The van der Waals surface area contributed by atoms with Crippen LogP contribution in [0.15, 0.2) is 71.6 Å². The third-order valence-electron chi connectivity index (χ3n) is 4.84. The number of nitrogens with zero attached hydrogens (tertiary/aromatic N) is 2. The van der Waals surface area contributed by atoms with E-state index in [1.165, 1.54) is 23.9 Å². The quantitative estimate of drug-likeness (QED) is 0.343. The Morgan fingerprint density at radius 2 is 1.81 bits per heavy atom. The normalized spacial score (nSPS) is 10.8. The van der Waals surface area contributed by atoms with Crippen molar-refractivity contribution < 1.29 is 9.18 Å². The van der Waals surface area contributed by atoms with Crippen molar-refractivity contribution in [1.29, 1.82) is 0 Å². The number of aromatic nitrogens is 2. The Balaban J connectivity index is 1.57. The molecule has 2 N–H and O–H groups in total. The fraction of sp³-hybridized carbons (Fsp3) is 0.125. The van der Waals surface area contributed by atoms with Gasteiger partial charge in [0.15, 0.2) is 5.82 Å². The summed E-state index contributed by atoms with van der Waals surface area (Å²) in [6.45, 7) is 0.622. The Morgan fingerprint density at radius 1 is 1.03 bits per heavy atom. The predicted molar refractivity (Wildman–Crippen MR) is 128 cm³/mol. The Bertz CT molecular complexity index is 1270. The molecule has 0 bridgehead atoms. The number of halogens is 2. The summed E-state index contributed by atoms with van der Waals surface area (Å²) in [6.07, 6.45) is 1.93. The third kappa shape index (κ3) is 5.18. The summed E-state index contributed by atoms with van der Waals surface area (Å²) >= 11 is 7.68. The molecule has 162 valence electrons. The van der Waals surface area contributed by atoms with Crippen LogP contribution in [0.2, 0.25) is 5.02 Å². The zero-order valence-electron chi connectivity index (χ0n) is 17.2. The molecule has 4 rings (SSSR count). The molecule has 8 heteroatoms. The van der Waals surface area contributed by atoms with E-state index in [1.54, 1.807) is 30.3 Å². The number of rotatable bonds is 7. The van der Waals surface area contributed by atoms with E-state index < -0.39 is 0 Å². The highest BCUT2D eigenvalue weighted by atomic mass is 35.5. The topological polar surface area (TPSA) is 66.9 Å². The van der Waals surface area contributed by atoms with Crippen molar-refractivity contribution in [3.8, 4) is 0 Å². The van der Waals surface area contributed by atoms with Gasteiger partial charge in [-0.2, -0.15) is 0 Å². The Morgan fingerprint density at radius 3 is 2.59 bits per heavy atom. The number of hydrogen-bond acceptors (Lipinski definition) is 5. The molecular weight excluding hydrogens is 447 g/mol. The lowest BCUT2D eigenvalue weighted by molar-refractivity contribution is 0.0947. The van der Waals surface area contributed by atoms with Gasteiger partial charge in [-0.15, -0.1) is 11.8 Å². The van der Waals surface area contributed by atoms with Crippen molar-refractivity contribution in [1.82, 2.24) is 15.3 Å². The molecule has 1 aromatic heterocycles. The van der Waals surface area contributed by atoms with Crippen molar-refractivity contribution in [2.24, 2.45) is 0 Å². The highest BCUT2D eigenvalue weighted by molar-refractivity contribution is 7.98. The van der Waals surface area contributed by atoms with Crippen LogP contribution in [-0.4, -0.2) is 22.1 Å². The maximum Gasteiger partial charge on any atom is 0.252 e. The van der Waals surface area contributed by atoms with Crippen LogP contribution in [0.4, 0.5) is 10.2 Å². The van der Waals surface area contributed by atoms with Crippen LogP contribution < -0.4 is 10.6 Å². The maximum absolute atomic E-state index is 13.2. The summed E-state index contributed by atoms with van der Waals surface area (Å²) in [7, 11) is 0. The second-order valence-corrected chi connectivity index (χ2v) is 8.30. The summed E-state index contributed by atoms with van der Waals surface area (Å²) in [5.74, 6) is 0.601. The minimum absolute atomic E-state index is 0.162. The van der Waals surface area contributed by atoms with Crippen molar-refractivity contribution in [3.05, 3.63) is 94.5 Å². The van der Waals surface area contributed by atoms with Gasteiger partial charge in [0.25, 0.3) is 5.91 Å². The van der Waals surface area contributed by atoms with Crippen molar-refractivity contribution >= 4 is 46.0 Å². The first-order valence-corrected chi connectivity index (χ1v) is 11.5. The number of carbonyl (C=O) groups excluding carboxylic acids is 1. The predicted octanol–water partition coefficient (Wildman–Crippen LogP) is 5.69. The lowest BCUT2D eigenvalue weighted by Crippen LogP contribution is -2.24. The van der Waals surface area contributed by atoms with E-state index in [0.717, 1.165) is 15.8 Å². The zero-order valence-corrected chi connectivity index (χ0v) is 18.8. The summed E-state index contributed by atoms with van der Waals surface area (Å²) in [6, 6.07) is 19.1. The molecule has 0 radical (unpaired) electrons. The second-order valence-electron chi connectivity index (χ2n) is 7.01. The lowest BCUT2D eigenvalue weighted by atomic mass is 10.2. The number of nitrogens with one attached hydrogen (secondary N) is 2. The average molecular weight is 467 g/mol. The van der Waals surface area contributed by atoms with Gasteiger partial charge in [-0.3, -0.25) is 4.79 Å². The number of amides is 1. The molecule has 32 heavy (non-hydrogen) atoms. The van der Waals surface area contributed by atoms with E-state index in [4.69, 9.17) is 11.6 Å². The van der Waals surface area contributed by atoms with Gasteiger partial charge < -0.3 is 10.6 Å². The first-order valence-electron chi connectivity index (χ1n) is 9.89. The van der Waals surface area contributed by atoms with E-state index in [2.05, 4.69) is 20.6 Å². The first-order chi connectivity index (χ1) is 15.5. The largest absolute Gasteiger partial charge is 0.365 e. The van der Waals surface area contributed by atoms with E-state index in [-0.39, 0.29) is 18.3 Å². The molecule has 0 unspecified atom stereocenters. The van der Waals surface area contributed by atoms with Gasteiger partial charge >= 0.3 is 0 Å². The lowest BCUT2D eigenvalue weighted by Gasteiger charge is -2.12. The average Bonchev–Trinajstić information content (AvgIpc) is 2.81. The Hall–Kier alpha value is -3.16. The highest BCUT2D eigenvalue weighted by Crippen LogP contribution is 2.25. The van der Waals surface area contributed by atoms with E-state index in [1.807, 2.05) is 30.5 Å². The van der Waals surface area contributed by atoms with Gasteiger partial charge in [-0.05, 0) is 54.3 Å². The zero-order chi connectivity index (χ0) is 22.5. The molecule has 0 saturated carbocycles.